The highest BCUT2D eigenvalue weighted by Gasteiger charge is 2.23. The molecule has 1 aliphatic rings. The van der Waals surface area contributed by atoms with Crippen LogP contribution in [-0.2, 0) is 0 Å². The summed E-state index contributed by atoms with van der Waals surface area (Å²) in [7, 11) is 0. The van der Waals surface area contributed by atoms with Crippen molar-refractivity contribution in [1.82, 2.24) is 0 Å². The third-order valence-electron chi connectivity index (χ3n) is 2.80. The van der Waals surface area contributed by atoms with Crippen LogP contribution in [0.15, 0.2) is 0 Å². The molecule has 11 heavy (non-hydrogen) atoms. The summed E-state index contributed by atoms with van der Waals surface area (Å²) >= 11 is 0. The van der Waals surface area contributed by atoms with E-state index >= 15 is 0 Å². The van der Waals surface area contributed by atoms with E-state index in [2.05, 4.69) is 6.92 Å². The van der Waals surface area contributed by atoms with Crippen molar-refractivity contribution in [2.45, 2.75) is 58.0 Å². The van der Waals surface area contributed by atoms with Gasteiger partial charge in [-0.2, -0.15) is 0 Å². The van der Waals surface area contributed by atoms with E-state index in [-0.39, 0.29) is 6.10 Å². The van der Waals surface area contributed by atoms with Crippen molar-refractivity contribution in [1.29, 1.82) is 0 Å². The molecule has 0 aromatic carbocycles. The topological polar surface area (TPSA) is 20.2 Å². The Morgan fingerprint density at radius 2 is 2.09 bits per heavy atom. The second-order valence-electron chi connectivity index (χ2n) is 3.75. The minimum Gasteiger partial charge on any atom is -0.393 e. The largest absolute Gasteiger partial charge is 0.393 e. The third kappa shape index (κ3) is 2.82. The van der Waals surface area contributed by atoms with Gasteiger partial charge in [-0.25, -0.2) is 0 Å². The van der Waals surface area contributed by atoms with Crippen LogP contribution in [0.1, 0.15) is 51.9 Å². The minimum absolute atomic E-state index is 0.0341. The van der Waals surface area contributed by atoms with E-state index in [0.29, 0.717) is 5.92 Å². The van der Waals surface area contributed by atoms with E-state index in [1.165, 1.54) is 38.5 Å². The normalized spacial score (nSPS) is 31.1. The van der Waals surface area contributed by atoms with E-state index < -0.39 is 0 Å². The molecule has 2 unspecified atom stereocenters. The molecule has 0 aromatic heterocycles. The maximum Gasteiger partial charge on any atom is 0.0568 e. The smallest absolute Gasteiger partial charge is 0.0568 e. The molecule has 1 rings (SSSR count). The molecule has 0 aromatic rings. The van der Waals surface area contributed by atoms with Crippen molar-refractivity contribution in [3.8, 4) is 0 Å². The zero-order chi connectivity index (χ0) is 8.10. The van der Waals surface area contributed by atoms with Crippen molar-refractivity contribution in [2.24, 2.45) is 5.92 Å². The summed E-state index contributed by atoms with van der Waals surface area (Å²) in [5, 5.41) is 9.49. The molecule has 1 nitrogen and oxygen atoms in total. The summed E-state index contributed by atoms with van der Waals surface area (Å²) in [4.78, 5) is 0. The van der Waals surface area contributed by atoms with E-state index in [9.17, 15) is 5.11 Å². The SMILES string of the molecule is CCCCCC1CCCC1O. The van der Waals surface area contributed by atoms with Gasteiger partial charge >= 0.3 is 0 Å². The lowest BCUT2D eigenvalue weighted by Gasteiger charge is -2.12. The predicted octanol–water partition coefficient (Wildman–Crippen LogP) is 2.73. The van der Waals surface area contributed by atoms with Gasteiger partial charge in [0.15, 0.2) is 0 Å². The third-order valence-corrected chi connectivity index (χ3v) is 2.80. The van der Waals surface area contributed by atoms with Crippen LogP contribution >= 0.6 is 0 Å². The van der Waals surface area contributed by atoms with E-state index in [0.717, 1.165) is 6.42 Å². The molecular weight excluding hydrogens is 136 g/mol. The lowest BCUT2D eigenvalue weighted by atomic mass is 9.98. The van der Waals surface area contributed by atoms with Crippen molar-refractivity contribution < 1.29 is 5.11 Å². The fourth-order valence-electron chi connectivity index (χ4n) is 2.01. The molecule has 1 N–H and O–H groups in total. The van der Waals surface area contributed by atoms with Crippen LogP contribution in [-0.4, -0.2) is 11.2 Å². The number of unbranched alkanes of at least 4 members (excludes halogenated alkanes) is 2. The molecule has 0 saturated heterocycles. The Morgan fingerprint density at radius 3 is 2.64 bits per heavy atom. The molecule has 0 radical (unpaired) electrons. The second kappa shape index (κ2) is 4.76. The molecular formula is C10H20O. The Morgan fingerprint density at radius 1 is 1.27 bits per heavy atom. The summed E-state index contributed by atoms with van der Waals surface area (Å²) < 4.78 is 0. The lowest BCUT2D eigenvalue weighted by Crippen LogP contribution is -2.12. The van der Waals surface area contributed by atoms with Gasteiger partial charge in [0.1, 0.15) is 0 Å². The van der Waals surface area contributed by atoms with Gasteiger partial charge in [0, 0.05) is 0 Å². The van der Waals surface area contributed by atoms with Crippen LogP contribution in [0.25, 0.3) is 0 Å². The van der Waals surface area contributed by atoms with Crippen LogP contribution in [0.4, 0.5) is 0 Å². The monoisotopic (exact) mass is 156 g/mol. The Labute approximate surface area is 69.8 Å². The number of aliphatic hydroxyl groups excluding tert-OH is 1. The highest BCUT2D eigenvalue weighted by Crippen LogP contribution is 2.29. The lowest BCUT2D eigenvalue weighted by molar-refractivity contribution is 0.126. The predicted molar refractivity (Wildman–Crippen MR) is 47.5 cm³/mol. The molecule has 0 bridgehead atoms. The fraction of sp³-hybridized carbons (Fsp3) is 1.00. The summed E-state index contributed by atoms with van der Waals surface area (Å²) in [5.41, 5.74) is 0. The molecule has 1 saturated carbocycles. The van der Waals surface area contributed by atoms with Crippen molar-refractivity contribution in [2.75, 3.05) is 0 Å². The molecule has 1 aliphatic carbocycles. The van der Waals surface area contributed by atoms with Gasteiger partial charge < -0.3 is 5.11 Å². The van der Waals surface area contributed by atoms with Gasteiger partial charge in [0.2, 0.25) is 0 Å². The summed E-state index contributed by atoms with van der Waals surface area (Å²) in [6.07, 6.45) is 8.81. The maximum atomic E-state index is 9.49. The molecule has 1 fully saturated rings. The van der Waals surface area contributed by atoms with Gasteiger partial charge in [-0.05, 0) is 25.2 Å². The van der Waals surface area contributed by atoms with Crippen molar-refractivity contribution >= 4 is 0 Å². The first-order valence-corrected chi connectivity index (χ1v) is 5.02. The van der Waals surface area contributed by atoms with E-state index in [1.54, 1.807) is 0 Å². The molecule has 0 spiro atoms. The zero-order valence-electron chi connectivity index (χ0n) is 7.55. The van der Waals surface area contributed by atoms with Crippen LogP contribution in [0.2, 0.25) is 0 Å². The summed E-state index contributed by atoms with van der Waals surface area (Å²) in [6, 6.07) is 0. The quantitative estimate of drug-likeness (QED) is 0.620. The van der Waals surface area contributed by atoms with E-state index in [4.69, 9.17) is 0 Å². The van der Waals surface area contributed by atoms with Crippen molar-refractivity contribution in [3.63, 3.8) is 0 Å². The van der Waals surface area contributed by atoms with Crippen LogP contribution in [0, 0.1) is 5.92 Å². The van der Waals surface area contributed by atoms with Crippen LogP contribution in [0.5, 0.6) is 0 Å². The highest BCUT2D eigenvalue weighted by molar-refractivity contribution is 4.76. The fourth-order valence-corrected chi connectivity index (χ4v) is 2.01. The Kier molecular flexibility index (Phi) is 3.92. The standard InChI is InChI=1S/C10H20O/c1-2-3-4-6-9-7-5-8-10(9)11/h9-11H,2-8H2,1H3. The molecule has 2 atom stereocenters. The van der Waals surface area contributed by atoms with Gasteiger partial charge in [-0.3, -0.25) is 0 Å². The zero-order valence-corrected chi connectivity index (χ0v) is 7.55. The van der Waals surface area contributed by atoms with Crippen LogP contribution in [0.3, 0.4) is 0 Å². The second-order valence-corrected chi connectivity index (χ2v) is 3.75. The highest BCUT2D eigenvalue weighted by atomic mass is 16.3. The first-order chi connectivity index (χ1) is 5.34. The Bertz CT molecular complexity index is 101. The molecule has 0 aliphatic heterocycles. The van der Waals surface area contributed by atoms with Gasteiger partial charge in [0.25, 0.3) is 0 Å². The first-order valence-electron chi connectivity index (χ1n) is 5.02. The van der Waals surface area contributed by atoms with Crippen LogP contribution < -0.4 is 0 Å². The summed E-state index contributed by atoms with van der Waals surface area (Å²) in [6.45, 7) is 2.23. The molecule has 1 heteroatoms. The first kappa shape index (κ1) is 9.05. The Balaban J connectivity index is 2.05. The maximum absolute atomic E-state index is 9.49. The number of hydrogen-bond donors (Lipinski definition) is 1. The number of aliphatic hydroxyl groups is 1. The number of rotatable bonds is 4. The van der Waals surface area contributed by atoms with Gasteiger partial charge in [-0.1, -0.05) is 32.6 Å². The molecule has 66 valence electrons. The average molecular weight is 156 g/mol. The van der Waals surface area contributed by atoms with Gasteiger partial charge in [-0.15, -0.1) is 0 Å². The van der Waals surface area contributed by atoms with Gasteiger partial charge in [0.05, 0.1) is 6.10 Å². The molecule has 0 amide bonds. The molecule has 0 heterocycles. The van der Waals surface area contributed by atoms with E-state index in [1.807, 2.05) is 0 Å². The minimum atomic E-state index is 0.0341. The number of hydrogen-bond acceptors (Lipinski definition) is 1. The van der Waals surface area contributed by atoms with Crippen molar-refractivity contribution in [3.05, 3.63) is 0 Å². The Hall–Kier alpha value is -0.0400. The summed E-state index contributed by atoms with van der Waals surface area (Å²) in [5.74, 6) is 0.640. The average Bonchev–Trinajstić information content (AvgIpc) is 2.37.